The number of rotatable bonds is 5. The standard InChI is InChI=1S/C13H15N3O2/c1-2-18-13(17)11-5-3-4-6-12(11)15-8-10-7-14-9-16-10/h3-7,9,15H,2,8H2,1H3,(H,14,16). The molecule has 5 nitrogen and oxygen atoms in total. The largest absolute Gasteiger partial charge is 0.462 e. The SMILES string of the molecule is CCOC(=O)c1ccccc1NCc1cnc[nH]1. The monoisotopic (exact) mass is 245 g/mol. The van der Waals surface area contributed by atoms with E-state index in [2.05, 4.69) is 15.3 Å². The number of ether oxygens (including phenoxy) is 1. The van der Waals surface area contributed by atoms with Crippen molar-refractivity contribution in [3.63, 3.8) is 0 Å². The normalized spacial score (nSPS) is 10.1. The van der Waals surface area contributed by atoms with Gasteiger partial charge in [-0.2, -0.15) is 0 Å². The van der Waals surface area contributed by atoms with Crippen LogP contribution in [0.1, 0.15) is 23.0 Å². The molecule has 0 fully saturated rings. The van der Waals surface area contributed by atoms with E-state index >= 15 is 0 Å². The van der Waals surface area contributed by atoms with Crippen LogP contribution >= 0.6 is 0 Å². The Morgan fingerprint density at radius 2 is 2.28 bits per heavy atom. The number of imidazole rings is 1. The average molecular weight is 245 g/mol. The summed E-state index contributed by atoms with van der Waals surface area (Å²) in [5, 5.41) is 3.18. The molecule has 0 aliphatic carbocycles. The topological polar surface area (TPSA) is 67.0 Å². The van der Waals surface area contributed by atoms with Crippen molar-refractivity contribution in [3.8, 4) is 0 Å². The zero-order chi connectivity index (χ0) is 12.8. The molecular formula is C13H15N3O2. The molecule has 0 unspecified atom stereocenters. The second-order valence-electron chi connectivity index (χ2n) is 3.70. The summed E-state index contributed by atoms with van der Waals surface area (Å²) in [6.45, 7) is 2.74. The summed E-state index contributed by atoms with van der Waals surface area (Å²) in [7, 11) is 0. The molecular weight excluding hydrogens is 230 g/mol. The fraction of sp³-hybridized carbons (Fsp3) is 0.231. The van der Waals surface area contributed by atoms with Crippen molar-refractivity contribution in [1.29, 1.82) is 0 Å². The highest BCUT2D eigenvalue weighted by molar-refractivity contribution is 5.95. The van der Waals surface area contributed by atoms with Gasteiger partial charge in [0.1, 0.15) is 0 Å². The number of carbonyl (C=O) groups excluding carboxylic acids is 1. The van der Waals surface area contributed by atoms with Crippen LogP contribution in [-0.2, 0) is 11.3 Å². The number of hydrogen-bond acceptors (Lipinski definition) is 4. The first-order valence-electron chi connectivity index (χ1n) is 5.78. The van der Waals surface area contributed by atoms with E-state index in [-0.39, 0.29) is 5.97 Å². The molecule has 0 saturated heterocycles. The minimum absolute atomic E-state index is 0.315. The van der Waals surface area contributed by atoms with Crippen LogP contribution in [0, 0.1) is 0 Å². The van der Waals surface area contributed by atoms with Gasteiger partial charge in [-0.15, -0.1) is 0 Å². The number of para-hydroxylation sites is 1. The van der Waals surface area contributed by atoms with E-state index in [1.807, 2.05) is 18.2 Å². The fourth-order valence-corrected chi connectivity index (χ4v) is 1.60. The van der Waals surface area contributed by atoms with Crippen LogP contribution in [0.4, 0.5) is 5.69 Å². The third-order valence-corrected chi connectivity index (χ3v) is 2.45. The minimum Gasteiger partial charge on any atom is -0.462 e. The molecule has 0 amide bonds. The molecule has 0 aliphatic rings. The summed E-state index contributed by atoms with van der Waals surface area (Å²) in [4.78, 5) is 18.7. The number of carbonyl (C=O) groups is 1. The van der Waals surface area contributed by atoms with E-state index < -0.39 is 0 Å². The first kappa shape index (κ1) is 12.2. The zero-order valence-corrected chi connectivity index (χ0v) is 10.1. The highest BCUT2D eigenvalue weighted by Crippen LogP contribution is 2.16. The second-order valence-corrected chi connectivity index (χ2v) is 3.70. The average Bonchev–Trinajstić information content (AvgIpc) is 2.90. The zero-order valence-electron chi connectivity index (χ0n) is 10.1. The van der Waals surface area contributed by atoms with Crippen LogP contribution in [0.2, 0.25) is 0 Å². The first-order chi connectivity index (χ1) is 8.81. The highest BCUT2D eigenvalue weighted by atomic mass is 16.5. The molecule has 0 spiro atoms. The van der Waals surface area contributed by atoms with Gasteiger partial charge in [0.25, 0.3) is 0 Å². The molecule has 1 heterocycles. The van der Waals surface area contributed by atoms with E-state index in [1.54, 1.807) is 25.5 Å². The van der Waals surface area contributed by atoms with Crippen molar-refractivity contribution in [1.82, 2.24) is 9.97 Å². The summed E-state index contributed by atoms with van der Waals surface area (Å²) in [5.41, 5.74) is 2.25. The third kappa shape index (κ3) is 2.88. The number of H-pyrrole nitrogens is 1. The Kier molecular flexibility index (Phi) is 3.96. The molecule has 0 radical (unpaired) electrons. The number of esters is 1. The number of hydrogen-bond donors (Lipinski definition) is 2. The van der Waals surface area contributed by atoms with E-state index in [0.29, 0.717) is 18.7 Å². The lowest BCUT2D eigenvalue weighted by Crippen LogP contribution is -2.09. The molecule has 0 aliphatic heterocycles. The number of nitrogens with one attached hydrogen (secondary N) is 2. The van der Waals surface area contributed by atoms with Crippen molar-refractivity contribution in [2.75, 3.05) is 11.9 Å². The fourth-order valence-electron chi connectivity index (χ4n) is 1.60. The summed E-state index contributed by atoms with van der Waals surface area (Å²) in [6, 6.07) is 7.28. The Morgan fingerprint density at radius 3 is 3.00 bits per heavy atom. The van der Waals surface area contributed by atoms with Gasteiger partial charge in [0, 0.05) is 11.9 Å². The highest BCUT2D eigenvalue weighted by Gasteiger charge is 2.11. The molecule has 0 saturated carbocycles. The maximum atomic E-state index is 11.7. The predicted molar refractivity (Wildman–Crippen MR) is 68.3 cm³/mol. The van der Waals surface area contributed by atoms with Crippen molar-refractivity contribution >= 4 is 11.7 Å². The number of nitrogens with zero attached hydrogens (tertiary/aromatic N) is 1. The van der Waals surface area contributed by atoms with Gasteiger partial charge in [0.05, 0.1) is 30.7 Å². The number of benzene rings is 1. The minimum atomic E-state index is -0.315. The second kappa shape index (κ2) is 5.86. The van der Waals surface area contributed by atoms with Crippen LogP contribution in [-0.4, -0.2) is 22.5 Å². The maximum absolute atomic E-state index is 11.7. The molecule has 2 aromatic rings. The summed E-state index contributed by atoms with van der Waals surface area (Å²) in [5.74, 6) is -0.315. The van der Waals surface area contributed by atoms with Gasteiger partial charge >= 0.3 is 5.97 Å². The summed E-state index contributed by atoms with van der Waals surface area (Å²) >= 11 is 0. The van der Waals surface area contributed by atoms with Gasteiger partial charge in [0.15, 0.2) is 0 Å². The van der Waals surface area contributed by atoms with E-state index in [1.165, 1.54) is 0 Å². The Hall–Kier alpha value is -2.30. The summed E-state index contributed by atoms with van der Waals surface area (Å²) in [6.07, 6.45) is 3.36. The molecule has 1 aromatic carbocycles. The lowest BCUT2D eigenvalue weighted by Gasteiger charge is -2.10. The maximum Gasteiger partial charge on any atom is 0.340 e. The van der Waals surface area contributed by atoms with E-state index in [9.17, 15) is 4.79 Å². The van der Waals surface area contributed by atoms with E-state index in [0.717, 1.165) is 11.4 Å². The number of aromatic nitrogens is 2. The van der Waals surface area contributed by atoms with Gasteiger partial charge in [0.2, 0.25) is 0 Å². The molecule has 0 atom stereocenters. The Labute approximate surface area is 105 Å². The first-order valence-corrected chi connectivity index (χ1v) is 5.78. The van der Waals surface area contributed by atoms with Crippen LogP contribution in [0.5, 0.6) is 0 Å². The van der Waals surface area contributed by atoms with Crippen LogP contribution in [0.3, 0.4) is 0 Å². The lowest BCUT2D eigenvalue weighted by atomic mass is 10.2. The smallest absolute Gasteiger partial charge is 0.340 e. The third-order valence-electron chi connectivity index (χ3n) is 2.45. The molecule has 2 rings (SSSR count). The van der Waals surface area contributed by atoms with Crippen molar-refractivity contribution in [2.24, 2.45) is 0 Å². The number of aromatic amines is 1. The van der Waals surface area contributed by atoms with Gasteiger partial charge < -0.3 is 15.0 Å². The Bertz CT molecular complexity index is 509. The van der Waals surface area contributed by atoms with Crippen LogP contribution < -0.4 is 5.32 Å². The van der Waals surface area contributed by atoms with E-state index in [4.69, 9.17) is 4.74 Å². The molecule has 1 aromatic heterocycles. The molecule has 94 valence electrons. The Balaban J connectivity index is 2.09. The van der Waals surface area contributed by atoms with Crippen LogP contribution in [0.25, 0.3) is 0 Å². The van der Waals surface area contributed by atoms with Crippen molar-refractivity contribution in [3.05, 3.63) is 48.0 Å². The molecule has 18 heavy (non-hydrogen) atoms. The van der Waals surface area contributed by atoms with Crippen molar-refractivity contribution in [2.45, 2.75) is 13.5 Å². The lowest BCUT2D eigenvalue weighted by molar-refractivity contribution is 0.0527. The molecule has 2 N–H and O–H groups in total. The molecule has 5 heteroatoms. The van der Waals surface area contributed by atoms with Crippen molar-refractivity contribution < 1.29 is 9.53 Å². The number of anilines is 1. The van der Waals surface area contributed by atoms with Gasteiger partial charge in [-0.1, -0.05) is 12.1 Å². The Morgan fingerprint density at radius 1 is 1.44 bits per heavy atom. The quantitative estimate of drug-likeness (QED) is 0.792. The van der Waals surface area contributed by atoms with Crippen LogP contribution in [0.15, 0.2) is 36.8 Å². The predicted octanol–water partition coefficient (Wildman–Crippen LogP) is 2.20. The summed E-state index contributed by atoms with van der Waals surface area (Å²) < 4.78 is 5.01. The molecule has 0 bridgehead atoms. The van der Waals surface area contributed by atoms with Gasteiger partial charge in [-0.25, -0.2) is 9.78 Å². The van der Waals surface area contributed by atoms with Gasteiger partial charge in [-0.3, -0.25) is 0 Å². The van der Waals surface area contributed by atoms with Gasteiger partial charge in [-0.05, 0) is 19.1 Å².